The van der Waals surface area contributed by atoms with E-state index < -0.39 is 18.3 Å². The summed E-state index contributed by atoms with van der Waals surface area (Å²) in [5, 5.41) is 19.1. The van der Waals surface area contributed by atoms with Crippen LogP contribution < -0.4 is 10.4 Å². The Morgan fingerprint density at radius 3 is 2.52 bits per heavy atom. The Bertz CT molecular complexity index is 640. The lowest BCUT2D eigenvalue weighted by molar-refractivity contribution is 0.00578. The van der Waals surface area contributed by atoms with Gasteiger partial charge in [-0.15, -0.1) is 0 Å². The van der Waals surface area contributed by atoms with Crippen LogP contribution in [0.4, 0.5) is 5.82 Å². The highest BCUT2D eigenvalue weighted by Gasteiger charge is 2.52. The summed E-state index contributed by atoms with van der Waals surface area (Å²) in [4.78, 5) is 6.38. The normalized spacial score (nSPS) is 25.7. The molecule has 0 radical (unpaired) electrons. The van der Waals surface area contributed by atoms with Crippen LogP contribution in [-0.4, -0.2) is 47.6 Å². The zero-order valence-corrected chi connectivity index (χ0v) is 14.0. The minimum Gasteiger partial charge on any atom is -0.399 e. The zero-order valence-electron chi connectivity index (χ0n) is 14.0. The maximum Gasteiger partial charge on any atom is 0.496 e. The first-order chi connectivity index (χ1) is 10.7. The Morgan fingerprint density at radius 2 is 2.00 bits per heavy atom. The molecule has 2 aliphatic rings. The average molecular weight is 315 g/mol. The molecule has 2 saturated heterocycles. The van der Waals surface area contributed by atoms with Crippen LogP contribution in [0.25, 0.3) is 0 Å². The molecule has 2 aliphatic heterocycles. The van der Waals surface area contributed by atoms with E-state index in [1.807, 2.05) is 32.6 Å². The van der Waals surface area contributed by atoms with Gasteiger partial charge in [0.1, 0.15) is 11.9 Å². The maximum atomic E-state index is 9.67. The average Bonchev–Trinajstić information content (AvgIpc) is 2.99. The van der Waals surface area contributed by atoms with Gasteiger partial charge >= 0.3 is 7.12 Å². The molecule has 1 aromatic rings. The first-order valence-electron chi connectivity index (χ1n) is 7.92. The van der Waals surface area contributed by atoms with Crippen molar-refractivity contribution in [3.8, 4) is 6.07 Å². The molecule has 0 spiro atoms. The van der Waals surface area contributed by atoms with Crippen LogP contribution in [0.1, 0.15) is 39.7 Å². The lowest BCUT2D eigenvalue weighted by Gasteiger charge is -2.32. The molecular weight excluding hydrogens is 293 g/mol. The molecule has 1 atom stereocenters. The number of hydrogen-bond donors (Lipinski definition) is 1. The third-order valence-corrected chi connectivity index (χ3v) is 5.00. The number of nitriles is 1. The van der Waals surface area contributed by atoms with Crippen LogP contribution >= 0.6 is 0 Å². The van der Waals surface area contributed by atoms with Crippen molar-refractivity contribution in [3.63, 3.8) is 0 Å². The number of anilines is 1. The quantitative estimate of drug-likeness (QED) is 0.814. The van der Waals surface area contributed by atoms with Crippen molar-refractivity contribution in [1.82, 2.24) is 4.98 Å². The summed E-state index contributed by atoms with van der Waals surface area (Å²) in [5.74, 6) is 0.615. The Kier molecular flexibility index (Phi) is 3.87. The van der Waals surface area contributed by atoms with Gasteiger partial charge in [-0.25, -0.2) is 4.98 Å². The van der Waals surface area contributed by atoms with Gasteiger partial charge in [0.15, 0.2) is 0 Å². The van der Waals surface area contributed by atoms with Gasteiger partial charge in [0, 0.05) is 24.7 Å². The van der Waals surface area contributed by atoms with Crippen molar-refractivity contribution >= 4 is 18.4 Å². The maximum absolute atomic E-state index is 9.67. The summed E-state index contributed by atoms with van der Waals surface area (Å²) < 4.78 is 12.0. The molecular formula is C16H22BN3O3. The van der Waals surface area contributed by atoms with Gasteiger partial charge in [0.25, 0.3) is 0 Å². The predicted molar refractivity (Wildman–Crippen MR) is 87.5 cm³/mol. The molecule has 23 heavy (non-hydrogen) atoms. The lowest BCUT2D eigenvalue weighted by Crippen LogP contribution is -2.41. The molecule has 0 saturated carbocycles. The third-order valence-electron chi connectivity index (χ3n) is 5.00. The van der Waals surface area contributed by atoms with Crippen LogP contribution in [0.5, 0.6) is 0 Å². The number of aromatic nitrogens is 1. The highest BCUT2D eigenvalue weighted by molar-refractivity contribution is 6.62. The van der Waals surface area contributed by atoms with Gasteiger partial charge in [-0.05, 0) is 40.2 Å². The van der Waals surface area contributed by atoms with Crippen LogP contribution in [-0.2, 0) is 9.31 Å². The predicted octanol–water partition coefficient (Wildman–Crippen LogP) is 0.823. The minimum atomic E-state index is -0.530. The molecule has 6 nitrogen and oxygen atoms in total. The number of aliphatic hydroxyl groups is 1. The lowest BCUT2D eigenvalue weighted by atomic mass is 9.79. The fourth-order valence-corrected chi connectivity index (χ4v) is 2.85. The van der Waals surface area contributed by atoms with E-state index in [2.05, 4.69) is 11.1 Å². The number of aliphatic hydroxyl groups excluding tert-OH is 1. The van der Waals surface area contributed by atoms with E-state index in [1.165, 1.54) is 0 Å². The van der Waals surface area contributed by atoms with Gasteiger partial charge in [0.2, 0.25) is 0 Å². The molecule has 3 heterocycles. The van der Waals surface area contributed by atoms with E-state index >= 15 is 0 Å². The van der Waals surface area contributed by atoms with Crippen molar-refractivity contribution in [2.45, 2.75) is 51.4 Å². The molecule has 1 unspecified atom stereocenters. The van der Waals surface area contributed by atoms with Crippen molar-refractivity contribution in [2.75, 3.05) is 18.0 Å². The molecule has 0 aromatic carbocycles. The summed E-state index contributed by atoms with van der Waals surface area (Å²) in [6.45, 7) is 9.19. The second-order valence-electron chi connectivity index (χ2n) is 7.23. The molecule has 0 amide bonds. The molecule has 1 N–H and O–H groups in total. The fourth-order valence-electron chi connectivity index (χ4n) is 2.85. The number of pyridine rings is 1. The van der Waals surface area contributed by atoms with Gasteiger partial charge in [-0.3, -0.25) is 0 Å². The summed E-state index contributed by atoms with van der Waals surface area (Å²) >= 11 is 0. The molecule has 0 bridgehead atoms. The van der Waals surface area contributed by atoms with Crippen molar-refractivity contribution in [1.29, 1.82) is 5.26 Å². The third kappa shape index (κ3) is 2.83. The number of nitrogens with zero attached hydrogens (tertiary/aromatic N) is 3. The fraction of sp³-hybridized carbons (Fsp3) is 0.625. The highest BCUT2D eigenvalue weighted by Crippen LogP contribution is 2.36. The monoisotopic (exact) mass is 315 g/mol. The van der Waals surface area contributed by atoms with Crippen LogP contribution in [0, 0.1) is 11.3 Å². The van der Waals surface area contributed by atoms with Gasteiger partial charge in [-0.2, -0.15) is 5.26 Å². The first kappa shape index (κ1) is 16.3. The van der Waals surface area contributed by atoms with E-state index in [4.69, 9.17) is 9.31 Å². The molecule has 1 aromatic heterocycles. The Hall–Kier alpha value is -1.62. The second kappa shape index (κ2) is 5.48. The summed E-state index contributed by atoms with van der Waals surface area (Å²) in [6, 6.07) is 3.97. The summed E-state index contributed by atoms with van der Waals surface area (Å²) in [7, 11) is -0.530. The highest BCUT2D eigenvalue weighted by atomic mass is 16.7. The zero-order chi connectivity index (χ0) is 16.8. The number of hydrogen-bond acceptors (Lipinski definition) is 6. The molecule has 2 fully saturated rings. The van der Waals surface area contributed by atoms with Gasteiger partial charge in [-0.1, -0.05) is 0 Å². The van der Waals surface area contributed by atoms with Crippen molar-refractivity contribution in [2.24, 2.45) is 0 Å². The SMILES string of the molecule is CC1(C)OB(c2cnc(N3CCC(O)C3)c(C#N)c2)OC1(C)C. The van der Waals surface area contributed by atoms with E-state index in [0.29, 0.717) is 30.9 Å². The first-order valence-corrected chi connectivity index (χ1v) is 7.92. The minimum absolute atomic E-state index is 0.355. The summed E-state index contributed by atoms with van der Waals surface area (Å²) in [5.41, 5.74) is 0.361. The van der Waals surface area contributed by atoms with E-state index in [0.717, 1.165) is 5.46 Å². The standard InChI is InChI=1S/C16H22BN3O3/c1-15(2)16(3,4)23-17(22-15)12-7-11(8-18)14(19-9-12)20-6-5-13(21)10-20/h7,9,13,21H,5-6,10H2,1-4H3. The Balaban J connectivity index is 1.88. The largest absolute Gasteiger partial charge is 0.496 e. The van der Waals surface area contributed by atoms with E-state index in [1.54, 1.807) is 12.3 Å². The molecule has 3 rings (SSSR count). The molecule has 7 heteroatoms. The Morgan fingerprint density at radius 1 is 1.35 bits per heavy atom. The van der Waals surface area contributed by atoms with E-state index in [-0.39, 0.29) is 6.10 Å². The van der Waals surface area contributed by atoms with Crippen molar-refractivity contribution < 1.29 is 14.4 Å². The Labute approximate surface area is 137 Å². The second-order valence-corrected chi connectivity index (χ2v) is 7.23. The summed E-state index contributed by atoms with van der Waals surface area (Å²) in [6.07, 6.45) is 2.04. The van der Waals surface area contributed by atoms with Crippen LogP contribution in [0.15, 0.2) is 12.3 Å². The van der Waals surface area contributed by atoms with Gasteiger partial charge in [0.05, 0.1) is 22.9 Å². The number of β-amino-alcohol motifs (C(OH)–C–C–N with tert-alkyl or cyclic N) is 1. The molecule has 0 aliphatic carbocycles. The topological polar surface area (TPSA) is 78.6 Å². The van der Waals surface area contributed by atoms with E-state index in [9.17, 15) is 10.4 Å². The smallest absolute Gasteiger partial charge is 0.399 e. The van der Waals surface area contributed by atoms with Crippen LogP contribution in [0.3, 0.4) is 0 Å². The van der Waals surface area contributed by atoms with Gasteiger partial charge < -0.3 is 19.3 Å². The van der Waals surface area contributed by atoms with Crippen molar-refractivity contribution in [3.05, 3.63) is 17.8 Å². The number of rotatable bonds is 2. The molecule has 122 valence electrons. The van der Waals surface area contributed by atoms with Crippen LogP contribution in [0.2, 0.25) is 0 Å².